The van der Waals surface area contributed by atoms with E-state index in [4.69, 9.17) is 9.47 Å². The predicted octanol–water partition coefficient (Wildman–Crippen LogP) is 4.11. The lowest BCUT2D eigenvalue weighted by atomic mass is 9.80. The van der Waals surface area contributed by atoms with Crippen LogP contribution in [0.3, 0.4) is 0 Å². The largest absolute Gasteiger partial charge is 0.449 e. The predicted molar refractivity (Wildman–Crippen MR) is 130 cm³/mol. The van der Waals surface area contributed by atoms with E-state index in [1.165, 1.54) is 5.69 Å². The fourth-order valence-corrected chi connectivity index (χ4v) is 5.40. The molecule has 192 valence electrons. The summed E-state index contributed by atoms with van der Waals surface area (Å²) in [6.07, 6.45) is 5.18. The molecule has 0 bridgehead atoms. The molecule has 0 aliphatic heterocycles. The van der Waals surface area contributed by atoms with Crippen molar-refractivity contribution in [2.24, 2.45) is 36.1 Å². The van der Waals surface area contributed by atoms with Crippen molar-refractivity contribution in [1.29, 1.82) is 0 Å². The van der Waals surface area contributed by atoms with Gasteiger partial charge in [-0.2, -0.15) is 0 Å². The molecule has 1 aromatic heterocycles. The molecule has 1 heterocycles. The van der Waals surface area contributed by atoms with E-state index in [0.717, 1.165) is 31.4 Å². The number of alkyl carbamates (subject to hydrolysis) is 1. The molecule has 3 unspecified atom stereocenters. The highest BCUT2D eigenvalue weighted by atomic mass is 16.5. The van der Waals surface area contributed by atoms with Crippen LogP contribution in [-0.4, -0.2) is 52.2 Å². The quantitative estimate of drug-likeness (QED) is 0.516. The summed E-state index contributed by atoms with van der Waals surface area (Å²) in [5.41, 5.74) is 1.61. The van der Waals surface area contributed by atoms with Gasteiger partial charge in [0.05, 0.1) is 23.6 Å². The Morgan fingerprint density at radius 3 is 2.47 bits per heavy atom. The average Bonchev–Trinajstić information content (AvgIpc) is 3.27. The van der Waals surface area contributed by atoms with Crippen LogP contribution in [0.4, 0.5) is 4.79 Å². The second kappa shape index (κ2) is 10.8. The number of rotatable bonds is 11. The maximum absolute atomic E-state index is 12.3. The van der Waals surface area contributed by atoms with Gasteiger partial charge in [-0.1, -0.05) is 32.9 Å². The Morgan fingerprint density at radius 1 is 1.12 bits per heavy atom. The van der Waals surface area contributed by atoms with Gasteiger partial charge in [-0.05, 0) is 70.1 Å². The van der Waals surface area contributed by atoms with E-state index >= 15 is 0 Å². The number of amides is 1. The third-order valence-electron chi connectivity index (χ3n) is 7.78. The number of hydrogen-bond donors (Lipinski definition) is 1. The molecule has 1 saturated carbocycles. The van der Waals surface area contributed by atoms with Crippen molar-refractivity contribution < 1.29 is 19.1 Å². The number of nitrogens with one attached hydrogen (secondary N) is 1. The summed E-state index contributed by atoms with van der Waals surface area (Å²) >= 11 is 0. The number of aryl methyl sites for hydroxylation is 2. The van der Waals surface area contributed by atoms with E-state index in [0.29, 0.717) is 50.4 Å². The van der Waals surface area contributed by atoms with Gasteiger partial charge < -0.3 is 14.8 Å². The van der Waals surface area contributed by atoms with E-state index in [2.05, 4.69) is 15.6 Å². The standard InChI is InChI=1S/C26H44N4O4/c1-17(2)23(31)25(3,4)13-15-34-26(5,6)12-14-27-24(32)33-16-20-18-8-10-21-22(11-9-19(18)20)30(7)29-28-21/h17-20H,8-16H2,1-7H3,(H,27,32). The molecule has 34 heavy (non-hydrogen) atoms. The molecule has 0 spiro atoms. The molecule has 0 radical (unpaired) electrons. The topological polar surface area (TPSA) is 95.3 Å². The first-order chi connectivity index (χ1) is 15.9. The van der Waals surface area contributed by atoms with Gasteiger partial charge >= 0.3 is 6.09 Å². The van der Waals surface area contributed by atoms with Crippen molar-refractivity contribution in [2.45, 2.75) is 85.7 Å². The number of hydrogen-bond acceptors (Lipinski definition) is 6. The van der Waals surface area contributed by atoms with Gasteiger partial charge in [0.2, 0.25) is 0 Å². The minimum Gasteiger partial charge on any atom is -0.449 e. The SMILES string of the molecule is CC(C)C(=O)C(C)(C)CCOC(C)(C)CCNC(=O)OCC1C2CCc3nnn(C)c3CCC21. The Bertz CT molecular complexity index is 861. The third kappa shape index (κ3) is 6.80. The monoisotopic (exact) mass is 476 g/mol. The summed E-state index contributed by atoms with van der Waals surface area (Å²) in [5.74, 6) is 2.01. The summed E-state index contributed by atoms with van der Waals surface area (Å²) in [5, 5.41) is 11.3. The second-order valence-electron chi connectivity index (χ2n) is 11.7. The van der Waals surface area contributed by atoms with Crippen molar-refractivity contribution >= 4 is 11.9 Å². The van der Waals surface area contributed by atoms with Crippen molar-refractivity contribution in [1.82, 2.24) is 20.3 Å². The van der Waals surface area contributed by atoms with Crippen molar-refractivity contribution in [3.8, 4) is 0 Å². The molecular weight excluding hydrogens is 432 g/mol. The number of Topliss-reactive ketones (excluding diaryl/α,β-unsaturated/α-hetero) is 1. The number of aromatic nitrogens is 3. The van der Waals surface area contributed by atoms with Crippen LogP contribution in [0.1, 0.15) is 78.6 Å². The molecule has 1 amide bonds. The summed E-state index contributed by atoms with van der Waals surface area (Å²) in [7, 11) is 1.96. The first-order valence-electron chi connectivity index (χ1n) is 12.9. The zero-order valence-electron chi connectivity index (χ0n) is 22.1. The lowest BCUT2D eigenvalue weighted by molar-refractivity contribution is -0.132. The minimum absolute atomic E-state index is 0.0253. The lowest BCUT2D eigenvalue weighted by Crippen LogP contribution is -2.35. The molecule has 3 atom stereocenters. The molecule has 3 rings (SSSR count). The van der Waals surface area contributed by atoms with Gasteiger partial charge in [0.25, 0.3) is 0 Å². The molecule has 2 aliphatic carbocycles. The zero-order valence-corrected chi connectivity index (χ0v) is 22.1. The van der Waals surface area contributed by atoms with Crippen molar-refractivity contribution in [3.05, 3.63) is 11.4 Å². The number of carbonyl (C=O) groups excluding carboxylic acids is 2. The van der Waals surface area contributed by atoms with E-state index in [-0.39, 0.29) is 28.8 Å². The third-order valence-corrected chi connectivity index (χ3v) is 7.78. The molecule has 0 saturated heterocycles. The molecule has 1 aromatic rings. The first kappa shape index (κ1) is 26.6. The van der Waals surface area contributed by atoms with Crippen LogP contribution in [0.25, 0.3) is 0 Å². The highest BCUT2D eigenvalue weighted by Crippen LogP contribution is 2.52. The summed E-state index contributed by atoms with van der Waals surface area (Å²) in [4.78, 5) is 24.6. The van der Waals surface area contributed by atoms with Gasteiger partial charge in [0.15, 0.2) is 0 Å². The molecular formula is C26H44N4O4. The van der Waals surface area contributed by atoms with Gasteiger partial charge in [0.1, 0.15) is 5.78 Å². The Kier molecular flexibility index (Phi) is 8.43. The Hall–Kier alpha value is -1.96. The Labute approximate surface area is 204 Å². The van der Waals surface area contributed by atoms with E-state index in [1.807, 2.05) is 53.3 Å². The Balaban J connectivity index is 1.31. The van der Waals surface area contributed by atoms with Crippen LogP contribution < -0.4 is 5.32 Å². The fraction of sp³-hybridized carbons (Fsp3) is 0.846. The van der Waals surface area contributed by atoms with Gasteiger partial charge in [-0.3, -0.25) is 9.48 Å². The van der Waals surface area contributed by atoms with Gasteiger partial charge in [-0.15, -0.1) is 5.10 Å². The van der Waals surface area contributed by atoms with Crippen LogP contribution in [0.15, 0.2) is 0 Å². The summed E-state index contributed by atoms with van der Waals surface area (Å²) in [6.45, 7) is 13.4. The van der Waals surface area contributed by atoms with Gasteiger partial charge in [-0.25, -0.2) is 4.79 Å². The van der Waals surface area contributed by atoms with E-state index < -0.39 is 0 Å². The lowest BCUT2D eigenvalue weighted by Gasteiger charge is -2.29. The first-order valence-corrected chi connectivity index (χ1v) is 12.9. The zero-order chi connectivity index (χ0) is 25.1. The number of ether oxygens (including phenoxy) is 2. The number of fused-ring (bicyclic) bond motifs is 2. The normalized spacial score (nSPS) is 22.4. The van der Waals surface area contributed by atoms with Crippen LogP contribution in [0.5, 0.6) is 0 Å². The highest BCUT2D eigenvalue weighted by molar-refractivity contribution is 5.85. The number of carbonyl (C=O) groups is 2. The van der Waals surface area contributed by atoms with Crippen LogP contribution in [-0.2, 0) is 34.2 Å². The number of ketones is 1. The fourth-order valence-electron chi connectivity index (χ4n) is 5.40. The summed E-state index contributed by atoms with van der Waals surface area (Å²) in [6, 6.07) is 0. The van der Waals surface area contributed by atoms with Crippen molar-refractivity contribution in [3.63, 3.8) is 0 Å². The maximum atomic E-state index is 12.3. The van der Waals surface area contributed by atoms with E-state index in [9.17, 15) is 9.59 Å². The minimum atomic E-state index is -0.388. The smallest absolute Gasteiger partial charge is 0.407 e. The van der Waals surface area contributed by atoms with Crippen LogP contribution in [0.2, 0.25) is 0 Å². The van der Waals surface area contributed by atoms with Gasteiger partial charge in [0, 0.05) is 31.5 Å². The molecule has 1 fully saturated rings. The molecule has 0 aromatic carbocycles. The number of nitrogens with zero attached hydrogens (tertiary/aromatic N) is 3. The van der Waals surface area contributed by atoms with Crippen LogP contribution >= 0.6 is 0 Å². The molecule has 2 aliphatic rings. The highest BCUT2D eigenvalue weighted by Gasteiger charge is 2.50. The van der Waals surface area contributed by atoms with E-state index in [1.54, 1.807) is 0 Å². The van der Waals surface area contributed by atoms with Crippen molar-refractivity contribution in [2.75, 3.05) is 19.8 Å². The molecule has 8 heteroatoms. The maximum Gasteiger partial charge on any atom is 0.407 e. The second-order valence-corrected chi connectivity index (χ2v) is 11.7. The Morgan fingerprint density at radius 2 is 1.79 bits per heavy atom. The average molecular weight is 477 g/mol. The summed E-state index contributed by atoms with van der Waals surface area (Å²) < 4.78 is 13.5. The van der Waals surface area contributed by atoms with Crippen LogP contribution in [0, 0.1) is 29.1 Å². The molecule has 1 N–H and O–H groups in total. The molecule has 8 nitrogen and oxygen atoms in total.